The van der Waals surface area contributed by atoms with Gasteiger partial charge in [-0.1, -0.05) is 31.2 Å². The van der Waals surface area contributed by atoms with Gasteiger partial charge < -0.3 is 10.2 Å². The van der Waals surface area contributed by atoms with E-state index < -0.39 is 0 Å². The summed E-state index contributed by atoms with van der Waals surface area (Å²) < 4.78 is 0. The first-order valence-electron chi connectivity index (χ1n) is 9.77. The standard InChI is InChI=1S/C21H30N4OS/c1-4-16(2)22-20(26)13-19-15-27-21(23-19)18-7-5-17(6-8-18)14-25-11-9-24(3)10-12-25/h5-8,15-16H,4,9-14H2,1-3H3,(H,22,26). The van der Waals surface area contributed by atoms with Gasteiger partial charge in [0.25, 0.3) is 0 Å². The van der Waals surface area contributed by atoms with Crippen LogP contribution < -0.4 is 5.32 Å². The summed E-state index contributed by atoms with van der Waals surface area (Å²) in [6.07, 6.45) is 1.29. The molecular formula is C21H30N4OS. The summed E-state index contributed by atoms with van der Waals surface area (Å²) in [4.78, 5) is 21.6. The molecule has 1 saturated heterocycles. The number of aromatic nitrogens is 1. The lowest BCUT2D eigenvalue weighted by molar-refractivity contribution is -0.121. The van der Waals surface area contributed by atoms with Gasteiger partial charge in [-0.15, -0.1) is 11.3 Å². The molecule has 1 unspecified atom stereocenters. The van der Waals surface area contributed by atoms with Gasteiger partial charge >= 0.3 is 0 Å². The van der Waals surface area contributed by atoms with Crippen molar-refractivity contribution in [1.29, 1.82) is 0 Å². The molecule has 0 bridgehead atoms. The van der Waals surface area contributed by atoms with Crippen molar-refractivity contribution in [2.75, 3.05) is 33.2 Å². The zero-order valence-electron chi connectivity index (χ0n) is 16.6. The number of likely N-dealkylation sites (N-methyl/N-ethyl adjacent to an activating group) is 1. The van der Waals surface area contributed by atoms with Crippen LogP contribution in [0.1, 0.15) is 31.5 Å². The van der Waals surface area contributed by atoms with Crippen molar-refractivity contribution >= 4 is 17.2 Å². The highest BCUT2D eigenvalue weighted by Crippen LogP contribution is 2.24. The summed E-state index contributed by atoms with van der Waals surface area (Å²) in [5, 5.41) is 5.96. The third kappa shape index (κ3) is 5.86. The van der Waals surface area contributed by atoms with Crippen molar-refractivity contribution in [2.24, 2.45) is 0 Å². The monoisotopic (exact) mass is 386 g/mol. The second-order valence-corrected chi connectivity index (χ2v) is 8.33. The Kier molecular flexibility index (Phi) is 6.99. The van der Waals surface area contributed by atoms with Crippen molar-refractivity contribution in [3.8, 4) is 10.6 Å². The molecule has 0 saturated carbocycles. The molecule has 0 spiro atoms. The number of carbonyl (C=O) groups is 1. The Morgan fingerprint density at radius 3 is 2.59 bits per heavy atom. The van der Waals surface area contributed by atoms with E-state index in [-0.39, 0.29) is 11.9 Å². The second-order valence-electron chi connectivity index (χ2n) is 7.47. The lowest BCUT2D eigenvalue weighted by atomic mass is 10.1. The highest BCUT2D eigenvalue weighted by atomic mass is 32.1. The van der Waals surface area contributed by atoms with Crippen LogP contribution in [0.15, 0.2) is 29.6 Å². The zero-order valence-corrected chi connectivity index (χ0v) is 17.4. The molecule has 1 aromatic carbocycles. The number of nitrogens with one attached hydrogen (secondary N) is 1. The summed E-state index contributed by atoms with van der Waals surface area (Å²) in [7, 11) is 2.18. The maximum atomic E-state index is 12.0. The number of thiazole rings is 1. The number of amides is 1. The number of hydrogen-bond donors (Lipinski definition) is 1. The van der Waals surface area contributed by atoms with Crippen LogP contribution in [0.2, 0.25) is 0 Å². The van der Waals surface area contributed by atoms with Gasteiger partial charge in [-0.2, -0.15) is 0 Å². The number of carbonyl (C=O) groups excluding carboxylic acids is 1. The summed E-state index contributed by atoms with van der Waals surface area (Å²) >= 11 is 1.60. The van der Waals surface area contributed by atoms with E-state index in [4.69, 9.17) is 0 Å². The fourth-order valence-electron chi connectivity index (χ4n) is 3.13. The molecule has 3 rings (SSSR count). The number of hydrogen-bond acceptors (Lipinski definition) is 5. The van der Waals surface area contributed by atoms with Gasteiger partial charge in [-0.3, -0.25) is 9.69 Å². The molecule has 1 aliphatic rings. The topological polar surface area (TPSA) is 48.5 Å². The summed E-state index contributed by atoms with van der Waals surface area (Å²) in [6.45, 7) is 9.65. The van der Waals surface area contributed by atoms with Crippen LogP contribution in [0.3, 0.4) is 0 Å². The smallest absolute Gasteiger partial charge is 0.226 e. The highest BCUT2D eigenvalue weighted by molar-refractivity contribution is 7.13. The van der Waals surface area contributed by atoms with E-state index in [1.807, 2.05) is 12.3 Å². The molecule has 1 fully saturated rings. The van der Waals surface area contributed by atoms with E-state index in [0.29, 0.717) is 6.42 Å². The first-order chi connectivity index (χ1) is 13.0. The van der Waals surface area contributed by atoms with Crippen molar-refractivity contribution in [3.05, 3.63) is 40.9 Å². The molecule has 6 heteroatoms. The molecule has 146 valence electrons. The average molecular weight is 387 g/mol. The predicted octanol–water partition coefficient (Wildman–Crippen LogP) is 3.01. The Balaban J connectivity index is 1.56. The maximum Gasteiger partial charge on any atom is 0.226 e. The number of nitrogens with zero attached hydrogens (tertiary/aromatic N) is 3. The van der Waals surface area contributed by atoms with Crippen molar-refractivity contribution in [1.82, 2.24) is 20.1 Å². The van der Waals surface area contributed by atoms with Gasteiger partial charge in [0, 0.05) is 49.7 Å². The van der Waals surface area contributed by atoms with Gasteiger partial charge in [0.1, 0.15) is 5.01 Å². The van der Waals surface area contributed by atoms with Gasteiger partial charge in [0.05, 0.1) is 12.1 Å². The Morgan fingerprint density at radius 2 is 1.93 bits per heavy atom. The average Bonchev–Trinajstić information content (AvgIpc) is 3.12. The van der Waals surface area contributed by atoms with Crippen molar-refractivity contribution in [3.63, 3.8) is 0 Å². The van der Waals surface area contributed by atoms with Crippen LogP contribution in [0.5, 0.6) is 0 Å². The third-order valence-electron chi connectivity index (χ3n) is 5.12. The fraction of sp³-hybridized carbons (Fsp3) is 0.524. The Morgan fingerprint density at radius 1 is 1.22 bits per heavy atom. The number of benzene rings is 1. The largest absolute Gasteiger partial charge is 0.353 e. The highest BCUT2D eigenvalue weighted by Gasteiger charge is 2.14. The number of piperazine rings is 1. The summed E-state index contributed by atoms with van der Waals surface area (Å²) in [5.41, 5.74) is 3.31. The van der Waals surface area contributed by atoms with Crippen LogP contribution in [0.25, 0.3) is 10.6 Å². The van der Waals surface area contributed by atoms with Crippen LogP contribution in [0, 0.1) is 0 Å². The van der Waals surface area contributed by atoms with Crippen LogP contribution in [-0.4, -0.2) is 60.0 Å². The van der Waals surface area contributed by atoms with Gasteiger partial charge in [-0.05, 0) is 26.0 Å². The second kappa shape index (κ2) is 9.44. The first-order valence-corrected chi connectivity index (χ1v) is 10.7. The molecule has 1 atom stereocenters. The quantitative estimate of drug-likeness (QED) is 0.795. The van der Waals surface area contributed by atoms with E-state index >= 15 is 0 Å². The predicted molar refractivity (Wildman–Crippen MR) is 112 cm³/mol. The van der Waals surface area contributed by atoms with E-state index in [1.54, 1.807) is 11.3 Å². The fourth-order valence-corrected chi connectivity index (χ4v) is 3.96. The molecular weight excluding hydrogens is 356 g/mol. The lowest BCUT2D eigenvalue weighted by Gasteiger charge is -2.32. The Hall–Kier alpha value is -1.76. The number of rotatable bonds is 7. The molecule has 1 aromatic heterocycles. The molecule has 1 aliphatic heterocycles. The van der Waals surface area contributed by atoms with E-state index in [0.717, 1.165) is 55.4 Å². The van der Waals surface area contributed by atoms with E-state index in [2.05, 4.69) is 58.3 Å². The normalized spacial score (nSPS) is 17.0. The molecule has 1 amide bonds. The van der Waals surface area contributed by atoms with Crippen LogP contribution in [-0.2, 0) is 17.8 Å². The van der Waals surface area contributed by atoms with E-state index in [1.165, 1.54) is 5.56 Å². The minimum absolute atomic E-state index is 0.0451. The van der Waals surface area contributed by atoms with Gasteiger partial charge in [0.15, 0.2) is 0 Å². The summed E-state index contributed by atoms with van der Waals surface area (Å²) in [6, 6.07) is 8.90. The molecule has 27 heavy (non-hydrogen) atoms. The SMILES string of the molecule is CCC(C)NC(=O)Cc1csc(-c2ccc(CN3CCN(C)CC3)cc2)n1. The first kappa shape index (κ1) is 20.0. The Labute approximate surface area is 166 Å². The van der Waals surface area contributed by atoms with Gasteiger partial charge in [-0.25, -0.2) is 4.98 Å². The zero-order chi connectivity index (χ0) is 19.2. The van der Waals surface area contributed by atoms with Crippen LogP contribution >= 0.6 is 11.3 Å². The summed E-state index contributed by atoms with van der Waals surface area (Å²) in [5.74, 6) is 0.0451. The van der Waals surface area contributed by atoms with Crippen LogP contribution in [0.4, 0.5) is 0 Å². The molecule has 0 aliphatic carbocycles. The molecule has 1 N–H and O–H groups in total. The maximum absolute atomic E-state index is 12.0. The van der Waals surface area contributed by atoms with E-state index in [9.17, 15) is 4.79 Å². The third-order valence-corrected chi connectivity index (χ3v) is 6.06. The minimum Gasteiger partial charge on any atom is -0.353 e. The van der Waals surface area contributed by atoms with Crippen molar-refractivity contribution < 1.29 is 4.79 Å². The molecule has 2 heterocycles. The Bertz CT molecular complexity index is 735. The van der Waals surface area contributed by atoms with Crippen molar-refractivity contribution in [2.45, 2.75) is 39.3 Å². The minimum atomic E-state index is 0.0451. The van der Waals surface area contributed by atoms with Gasteiger partial charge in [0.2, 0.25) is 5.91 Å². The molecule has 0 radical (unpaired) electrons. The molecule has 5 nitrogen and oxygen atoms in total. The lowest BCUT2D eigenvalue weighted by Crippen LogP contribution is -2.43. The molecule has 2 aromatic rings.